The molecular formula is C19H18FN3O. The van der Waals surface area contributed by atoms with E-state index in [1.54, 1.807) is 24.4 Å². The van der Waals surface area contributed by atoms with Crippen LogP contribution in [0.1, 0.15) is 0 Å². The first kappa shape index (κ1) is 14.8. The summed E-state index contributed by atoms with van der Waals surface area (Å²) in [6, 6.07) is 14.1. The second-order valence-corrected chi connectivity index (χ2v) is 5.98. The number of aromatic hydroxyl groups is 1. The molecule has 1 N–H and O–H groups in total. The predicted octanol–water partition coefficient (Wildman–Crippen LogP) is 3.41. The molecule has 122 valence electrons. The van der Waals surface area contributed by atoms with E-state index in [1.165, 1.54) is 12.1 Å². The molecule has 1 aromatic heterocycles. The zero-order valence-electron chi connectivity index (χ0n) is 13.2. The molecule has 1 aliphatic rings. The summed E-state index contributed by atoms with van der Waals surface area (Å²) in [5, 5.41) is 10.4. The highest BCUT2D eigenvalue weighted by atomic mass is 19.1. The topological polar surface area (TPSA) is 39.6 Å². The summed E-state index contributed by atoms with van der Waals surface area (Å²) < 4.78 is 13.4. The fraction of sp³-hybridized carbons (Fsp3) is 0.211. The number of hydrogen-bond acceptors (Lipinski definition) is 4. The standard InChI is InChI=1S/C19H18FN3O/c20-14-1-6-17-18(13-14)21-8-7-19(17)23-11-9-22(10-12-23)15-2-4-16(24)5-3-15/h1-8,13,24H,9-12H2. The highest BCUT2D eigenvalue weighted by molar-refractivity contribution is 5.91. The molecule has 0 amide bonds. The number of aromatic nitrogens is 1. The minimum absolute atomic E-state index is 0.260. The van der Waals surface area contributed by atoms with Gasteiger partial charge in [-0.2, -0.15) is 0 Å². The molecule has 3 aromatic rings. The molecule has 1 saturated heterocycles. The van der Waals surface area contributed by atoms with Gasteiger partial charge in [0.05, 0.1) is 5.52 Å². The lowest BCUT2D eigenvalue weighted by Crippen LogP contribution is -2.46. The lowest BCUT2D eigenvalue weighted by Gasteiger charge is -2.37. The first-order valence-electron chi connectivity index (χ1n) is 8.04. The molecule has 0 bridgehead atoms. The summed E-state index contributed by atoms with van der Waals surface area (Å²) in [7, 11) is 0. The van der Waals surface area contributed by atoms with Gasteiger partial charge in [0, 0.05) is 55.2 Å². The molecule has 1 aliphatic heterocycles. The van der Waals surface area contributed by atoms with Crippen LogP contribution in [-0.4, -0.2) is 36.3 Å². The van der Waals surface area contributed by atoms with Crippen LogP contribution in [0, 0.1) is 5.82 Å². The lowest BCUT2D eigenvalue weighted by atomic mass is 10.1. The Labute approximate surface area is 139 Å². The van der Waals surface area contributed by atoms with E-state index in [0.29, 0.717) is 5.52 Å². The molecule has 0 atom stereocenters. The van der Waals surface area contributed by atoms with Gasteiger partial charge in [0.25, 0.3) is 0 Å². The Kier molecular flexibility index (Phi) is 3.69. The second kappa shape index (κ2) is 6.00. The van der Waals surface area contributed by atoms with Gasteiger partial charge in [0.2, 0.25) is 0 Å². The molecular weight excluding hydrogens is 305 g/mol. The van der Waals surface area contributed by atoms with Crippen LogP contribution in [0.5, 0.6) is 5.75 Å². The first-order valence-corrected chi connectivity index (χ1v) is 8.04. The van der Waals surface area contributed by atoms with Crippen molar-refractivity contribution >= 4 is 22.3 Å². The van der Waals surface area contributed by atoms with Crippen LogP contribution >= 0.6 is 0 Å². The quantitative estimate of drug-likeness (QED) is 0.784. The molecule has 2 heterocycles. The Morgan fingerprint density at radius 3 is 2.33 bits per heavy atom. The maximum atomic E-state index is 13.4. The van der Waals surface area contributed by atoms with Crippen molar-refractivity contribution in [2.75, 3.05) is 36.0 Å². The van der Waals surface area contributed by atoms with Gasteiger partial charge >= 0.3 is 0 Å². The molecule has 0 spiro atoms. The maximum absolute atomic E-state index is 13.4. The number of piperazine rings is 1. The number of fused-ring (bicyclic) bond motifs is 1. The van der Waals surface area contributed by atoms with Gasteiger partial charge < -0.3 is 14.9 Å². The number of phenols is 1. The minimum Gasteiger partial charge on any atom is -0.508 e. The van der Waals surface area contributed by atoms with Crippen molar-refractivity contribution in [3.63, 3.8) is 0 Å². The van der Waals surface area contributed by atoms with Gasteiger partial charge in [-0.15, -0.1) is 0 Å². The van der Waals surface area contributed by atoms with Crippen LogP contribution in [0.4, 0.5) is 15.8 Å². The molecule has 24 heavy (non-hydrogen) atoms. The molecule has 4 rings (SSSR count). The first-order chi connectivity index (χ1) is 11.7. The molecule has 4 nitrogen and oxygen atoms in total. The Morgan fingerprint density at radius 1 is 0.875 bits per heavy atom. The van der Waals surface area contributed by atoms with Gasteiger partial charge in [0.15, 0.2) is 0 Å². The largest absolute Gasteiger partial charge is 0.508 e. The summed E-state index contributed by atoms with van der Waals surface area (Å²) in [5.41, 5.74) is 2.91. The summed E-state index contributed by atoms with van der Waals surface area (Å²) in [4.78, 5) is 8.89. The molecule has 5 heteroatoms. The second-order valence-electron chi connectivity index (χ2n) is 5.98. The molecule has 2 aromatic carbocycles. The smallest absolute Gasteiger partial charge is 0.125 e. The monoisotopic (exact) mass is 323 g/mol. The highest BCUT2D eigenvalue weighted by Crippen LogP contribution is 2.28. The van der Waals surface area contributed by atoms with Crippen molar-refractivity contribution in [2.45, 2.75) is 0 Å². The van der Waals surface area contributed by atoms with Crippen LogP contribution in [0.3, 0.4) is 0 Å². The van der Waals surface area contributed by atoms with Crippen LogP contribution < -0.4 is 9.80 Å². The molecule has 0 unspecified atom stereocenters. The van der Waals surface area contributed by atoms with Gasteiger partial charge in [-0.25, -0.2) is 4.39 Å². The minimum atomic E-state index is -0.260. The maximum Gasteiger partial charge on any atom is 0.125 e. The zero-order chi connectivity index (χ0) is 16.5. The van der Waals surface area contributed by atoms with Gasteiger partial charge in [0.1, 0.15) is 11.6 Å². The van der Waals surface area contributed by atoms with Gasteiger partial charge in [-0.05, 0) is 42.5 Å². The van der Waals surface area contributed by atoms with E-state index in [2.05, 4.69) is 14.8 Å². The number of phenolic OH excluding ortho intramolecular Hbond substituents is 1. The third-order valence-electron chi connectivity index (χ3n) is 4.52. The van der Waals surface area contributed by atoms with Gasteiger partial charge in [-0.1, -0.05) is 0 Å². The normalized spacial score (nSPS) is 15.0. The zero-order valence-corrected chi connectivity index (χ0v) is 13.2. The molecule has 0 aliphatic carbocycles. The third kappa shape index (κ3) is 2.73. The summed E-state index contributed by atoms with van der Waals surface area (Å²) in [6.45, 7) is 3.57. The molecule has 0 saturated carbocycles. The Hall–Kier alpha value is -2.82. The van der Waals surface area contributed by atoms with E-state index in [4.69, 9.17) is 0 Å². The molecule has 1 fully saturated rings. The fourth-order valence-corrected chi connectivity index (χ4v) is 3.25. The van der Waals surface area contributed by atoms with Crippen molar-refractivity contribution in [1.82, 2.24) is 4.98 Å². The van der Waals surface area contributed by atoms with Gasteiger partial charge in [-0.3, -0.25) is 4.98 Å². The predicted molar refractivity (Wildman–Crippen MR) is 94.2 cm³/mol. The summed E-state index contributed by atoms with van der Waals surface area (Å²) >= 11 is 0. The Bertz CT molecular complexity index is 858. The van der Waals surface area contributed by atoms with Crippen molar-refractivity contribution in [2.24, 2.45) is 0 Å². The van der Waals surface area contributed by atoms with Crippen molar-refractivity contribution in [3.05, 3.63) is 60.5 Å². The number of benzene rings is 2. The van der Waals surface area contributed by atoms with Crippen LogP contribution in [0.2, 0.25) is 0 Å². The Balaban J connectivity index is 1.55. The molecule has 0 radical (unpaired) electrons. The lowest BCUT2D eigenvalue weighted by molar-refractivity contribution is 0.475. The number of hydrogen-bond donors (Lipinski definition) is 1. The Morgan fingerprint density at radius 2 is 1.58 bits per heavy atom. The van der Waals surface area contributed by atoms with Crippen molar-refractivity contribution in [1.29, 1.82) is 0 Å². The fourth-order valence-electron chi connectivity index (χ4n) is 3.25. The van der Waals surface area contributed by atoms with Crippen LogP contribution in [0.25, 0.3) is 10.9 Å². The van der Waals surface area contributed by atoms with E-state index in [0.717, 1.165) is 42.9 Å². The van der Waals surface area contributed by atoms with E-state index in [9.17, 15) is 9.50 Å². The van der Waals surface area contributed by atoms with E-state index in [-0.39, 0.29) is 11.6 Å². The van der Waals surface area contributed by atoms with E-state index >= 15 is 0 Å². The SMILES string of the molecule is Oc1ccc(N2CCN(c3ccnc4cc(F)ccc34)CC2)cc1. The van der Waals surface area contributed by atoms with Crippen LogP contribution in [0.15, 0.2) is 54.7 Å². The third-order valence-corrected chi connectivity index (χ3v) is 4.52. The number of halogens is 1. The van der Waals surface area contributed by atoms with E-state index < -0.39 is 0 Å². The average Bonchev–Trinajstić information content (AvgIpc) is 2.62. The number of nitrogens with zero attached hydrogens (tertiary/aromatic N) is 3. The van der Waals surface area contributed by atoms with E-state index in [1.807, 2.05) is 18.2 Å². The van der Waals surface area contributed by atoms with Crippen molar-refractivity contribution in [3.8, 4) is 5.75 Å². The number of pyridine rings is 1. The average molecular weight is 323 g/mol. The van der Waals surface area contributed by atoms with Crippen LogP contribution in [-0.2, 0) is 0 Å². The summed E-state index contributed by atoms with van der Waals surface area (Å²) in [6.07, 6.45) is 1.74. The highest BCUT2D eigenvalue weighted by Gasteiger charge is 2.19. The summed E-state index contributed by atoms with van der Waals surface area (Å²) in [5.74, 6) is 0.0252. The number of rotatable bonds is 2. The number of anilines is 2. The van der Waals surface area contributed by atoms with Crippen molar-refractivity contribution < 1.29 is 9.50 Å².